The van der Waals surface area contributed by atoms with Crippen molar-refractivity contribution in [1.29, 1.82) is 0 Å². The summed E-state index contributed by atoms with van der Waals surface area (Å²) in [5.41, 5.74) is 2.39. The number of urea groups is 1. The van der Waals surface area contributed by atoms with Crippen LogP contribution in [0.3, 0.4) is 0 Å². The smallest absolute Gasteiger partial charge is 0.317 e. The molecule has 3 rings (SSSR count). The van der Waals surface area contributed by atoms with Crippen molar-refractivity contribution in [2.75, 3.05) is 33.2 Å². The Hall–Kier alpha value is -2.40. The fourth-order valence-corrected chi connectivity index (χ4v) is 3.58. The highest BCUT2D eigenvalue weighted by Gasteiger charge is 2.22. The van der Waals surface area contributed by atoms with E-state index in [-0.39, 0.29) is 6.03 Å². The quantitative estimate of drug-likeness (QED) is 0.781. The predicted molar refractivity (Wildman–Crippen MR) is 108 cm³/mol. The molecule has 5 heteroatoms. The summed E-state index contributed by atoms with van der Waals surface area (Å²) in [6.45, 7) is 4.73. The zero-order valence-electron chi connectivity index (χ0n) is 16.2. The molecule has 0 bridgehead atoms. The van der Waals surface area contributed by atoms with Gasteiger partial charge in [-0.2, -0.15) is 0 Å². The van der Waals surface area contributed by atoms with E-state index in [1.165, 1.54) is 12.0 Å². The van der Waals surface area contributed by atoms with Gasteiger partial charge in [-0.3, -0.25) is 9.88 Å². The van der Waals surface area contributed by atoms with E-state index in [2.05, 4.69) is 45.5 Å². The molecule has 1 saturated heterocycles. The molecule has 2 amide bonds. The molecule has 5 nitrogen and oxygen atoms in total. The summed E-state index contributed by atoms with van der Waals surface area (Å²) >= 11 is 0. The molecule has 0 unspecified atom stereocenters. The van der Waals surface area contributed by atoms with Gasteiger partial charge in [-0.25, -0.2) is 4.79 Å². The number of carbonyl (C=O) groups excluding carboxylic acids is 1. The van der Waals surface area contributed by atoms with Gasteiger partial charge in [0.15, 0.2) is 0 Å². The topological polar surface area (TPSA) is 48.5 Å². The molecule has 0 saturated carbocycles. The zero-order valence-corrected chi connectivity index (χ0v) is 16.2. The number of pyridine rings is 1. The summed E-state index contributed by atoms with van der Waals surface area (Å²) in [5, 5.41) is 3.06. The second-order valence-corrected chi connectivity index (χ2v) is 7.39. The van der Waals surface area contributed by atoms with E-state index < -0.39 is 0 Å². The van der Waals surface area contributed by atoms with Crippen molar-refractivity contribution in [1.82, 2.24) is 20.1 Å². The Labute approximate surface area is 162 Å². The molecule has 0 spiro atoms. The number of aromatic nitrogens is 1. The van der Waals surface area contributed by atoms with Crippen LogP contribution < -0.4 is 5.32 Å². The SMILES string of the molecule is CN(CCc1ccccn1)C(=O)NCC[C@H]1CCN(Cc2ccccc2)C1. The molecule has 1 N–H and O–H groups in total. The van der Waals surface area contributed by atoms with E-state index in [0.717, 1.165) is 44.7 Å². The molecule has 1 atom stereocenters. The molecule has 2 heterocycles. The second-order valence-electron chi connectivity index (χ2n) is 7.39. The molecular formula is C22H30N4O. The number of rotatable bonds is 8. The number of likely N-dealkylation sites (N-methyl/N-ethyl adjacent to an activating group) is 1. The van der Waals surface area contributed by atoms with Crippen molar-refractivity contribution < 1.29 is 4.79 Å². The van der Waals surface area contributed by atoms with Crippen LogP contribution in [-0.2, 0) is 13.0 Å². The van der Waals surface area contributed by atoms with Crippen molar-refractivity contribution >= 4 is 6.03 Å². The van der Waals surface area contributed by atoms with Crippen LogP contribution >= 0.6 is 0 Å². The van der Waals surface area contributed by atoms with Crippen LogP contribution in [0.1, 0.15) is 24.1 Å². The summed E-state index contributed by atoms with van der Waals surface area (Å²) < 4.78 is 0. The lowest BCUT2D eigenvalue weighted by Gasteiger charge is -2.19. The fraction of sp³-hybridized carbons (Fsp3) is 0.455. The Morgan fingerprint density at radius 2 is 2.04 bits per heavy atom. The molecular weight excluding hydrogens is 336 g/mol. The number of benzene rings is 1. The lowest BCUT2D eigenvalue weighted by atomic mass is 10.1. The summed E-state index contributed by atoms with van der Waals surface area (Å²) in [7, 11) is 1.84. The number of carbonyl (C=O) groups is 1. The Balaban J connectivity index is 1.30. The van der Waals surface area contributed by atoms with E-state index in [9.17, 15) is 4.79 Å². The average Bonchev–Trinajstić information content (AvgIpc) is 3.14. The van der Waals surface area contributed by atoms with Gasteiger partial charge < -0.3 is 10.2 Å². The Morgan fingerprint density at radius 1 is 1.22 bits per heavy atom. The highest BCUT2D eigenvalue weighted by atomic mass is 16.2. The largest absolute Gasteiger partial charge is 0.338 e. The Kier molecular flexibility index (Phi) is 7.22. The highest BCUT2D eigenvalue weighted by Crippen LogP contribution is 2.21. The first-order valence-electron chi connectivity index (χ1n) is 9.86. The minimum atomic E-state index is 0.00469. The summed E-state index contributed by atoms with van der Waals surface area (Å²) in [5.74, 6) is 0.674. The van der Waals surface area contributed by atoms with E-state index in [4.69, 9.17) is 0 Å². The van der Waals surface area contributed by atoms with Crippen LogP contribution in [0.25, 0.3) is 0 Å². The van der Waals surface area contributed by atoms with Gasteiger partial charge in [0.25, 0.3) is 0 Å². The van der Waals surface area contributed by atoms with Crippen molar-refractivity contribution in [2.45, 2.75) is 25.8 Å². The highest BCUT2D eigenvalue weighted by molar-refractivity contribution is 5.73. The standard InChI is InChI=1S/C22H30N4O/c1-25(15-12-21-9-5-6-13-23-21)22(27)24-14-10-20-11-16-26(18-20)17-19-7-3-2-4-8-19/h2-9,13,20H,10-12,14-18H2,1H3,(H,24,27)/t20-/m0/s1. The van der Waals surface area contributed by atoms with E-state index in [1.54, 1.807) is 11.1 Å². The molecule has 2 aromatic rings. The van der Waals surface area contributed by atoms with Crippen molar-refractivity contribution in [2.24, 2.45) is 5.92 Å². The van der Waals surface area contributed by atoms with Crippen LogP contribution in [0, 0.1) is 5.92 Å². The van der Waals surface area contributed by atoms with Crippen LogP contribution in [0.15, 0.2) is 54.7 Å². The lowest BCUT2D eigenvalue weighted by molar-refractivity contribution is 0.208. The van der Waals surface area contributed by atoms with E-state index in [1.807, 2.05) is 25.2 Å². The third-order valence-electron chi connectivity index (χ3n) is 5.22. The van der Waals surface area contributed by atoms with Crippen LogP contribution in [0.5, 0.6) is 0 Å². The van der Waals surface area contributed by atoms with Crippen molar-refractivity contribution in [3.8, 4) is 0 Å². The molecule has 0 aliphatic carbocycles. The maximum atomic E-state index is 12.2. The van der Waals surface area contributed by atoms with Gasteiger partial charge in [0.2, 0.25) is 0 Å². The summed E-state index contributed by atoms with van der Waals surface area (Å²) in [4.78, 5) is 20.8. The molecule has 1 aliphatic heterocycles. The van der Waals surface area contributed by atoms with Crippen molar-refractivity contribution in [3.05, 3.63) is 66.0 Å². The van der Waals surface area contributed by atoms with Gasteiger partial charge in [0.1, 0.15) is 0 Å². The first kappa shape index (κ1) is 19.4. The molecule has 1 fully saturated rings. The monoisotopic (exact) mass is 366 g/mol. The van der Waals surface area contributed by atoms with Gasteiger partial charge in [-0.1, -0.05) is 36.4 Å². The molecule has 27 heavy (non-hydrogen) atoms. The maximum absolute atomic E-state index is 12.2. The molecule has 1 aromatic heterocycles. The fourth-order valence-electron chi connectivity index (χ4n) is 3.58. The van der Waals surface area contributed by atoms with Gasteiger partial charge in [0, 0.05) is 51.5 Å². The molecule has 1 aromatic carbocycles. The van der Waals surface area contributed by atoms with Gasteiger partial charge >= 0.3 is 6.03 Å². The van der Waals surface area contributed by atoms with E-state index in [0.29, 0.717) is 12.5 Å². The summed E-state index contributed by atoms with van der Waals surface area (Å²) in [6.07, 6.45) is 4.84. The Morgan fingerprint density at radius 3 is 2.81 bits per heavy atom. The van der Waals surface area contributed by atoms with Crippen molar-refractivity contribution in [3.63, 3.8) is 0 Å². The lowest BCUT2D eigenvalue weighted by Crippen LogP contribution is -2.39. The zero-order chi connectivity index (χ0) is 18.9. The predicted octanol–water partition coefficient (Wildman–Crippen LogP) is 3.18. The number of likely N-dealkylation sites (tertiary alicyclic amines) is 1. The number of amides is 2. The average molecular weight is 367 g/mol. The first-order chi connectivity index (χ1) is 13.2. The first-order valence-corrected chi connectivity index (χ1v) is 9.86. The van der Waals surface area contributed by atoms with Gasteiger partial charge in [0.05, 0.1) is 0 Å². The maximum Gasteiger partial charge on any atom is 0.317 e. The normalized spacial score (nSPS) is 17.0. The van der Waals surface area contributed by atoms with Crippen LogP contribution in [-0.4, -0.2) is 54.0 Å². The third-order valence-corrected chi connectivity index (χ3v) is 5.22. The summed E-state index contributed by atoms with van der Waals surface area (Å²) in [6, 6.07) is 16.5. The molecule has 0 radical (unpaired) electrons. The number of hydrogen-bond acceptors (Lipinski definition) is 3. The van der Waals surface area contributed by atoms with E-state index >= 15 is 0 Å². The molecule has 1 aliphatic rings. The minimum absolute atomic E-state index is 0.00469. The number of nitrogens with one attached hydrogen (secondary N) is 1. The number of nitrogens with zero attached hydrogens (tertiary/aromatic N) is 3. The van der Waals surface area contributed by atoms with Gasteiger partial charge in [-0.15, -0.1) is 0 Å². The third kappa shape index (κ3) is 6.36. The van der Waals surface area contributed by atoms with Crippen LogP contribution in [0.4, 0.5) is 4.79 Å². The minimum Gasteiger partial charge on any atom is -0.338 e. The van der Waals surface area contributed by atoms with Crippen LogP contribution in [0.2, 0.25) is 0 Å². The molecule has 144 valence electrons. The number of hydrogen-bond donors (Lipinski definition) is 1. The Bertz CT molecular complexity index is 692. The van der Waals surface area contributed by atoms with Gasteiger partial charge in [-0.05, 0) is 43.0 Å². The second kappa shape index (κ2) is 10.1.